The number of rotatable bonds is 12. The Morgan fingerprint density at radius 1 is 0.758 bits per heavy atom. The van der Waals surface area contributed by atoms with Crippen molar-refractivity contribution in [2.24, 2.45) is 0 Å². The van der Waals surface area contributed by atoms with E-state index in [4.69, 9.17) is 14.2 Å². The van der Waals surface area contributed by atoms with Crippen molar-refractivity contribution < 1.29 is 28.9 Å². The van der Waals surface area contributed by atoms with Gasteiger partial charge in [-0.15, -0.1) is 0 Å². The average Bonchev–Trinajstić information content (AvgIpc) is 3.64. The Bertz CT molecular complexity index is 2420. The molecule has 3 amide bonds. The standard InChI is InChI=1S/C51H51N5O6/c57-34-36-15-17-38(18-16-36)47-31-45(33-55-29-27-51(28-30-55)49(58)53-35-56(51)42-10-3-1-4-11-42)61-48(62-47)39-21-19-37(20-22-39)46-14-8-7-9-40(46)32-52-50(59)54-41-23-25-44(26-24-41)60-43-12-5-2-6-13-43/h1-26,45,47-48,57H,27-35H2,(H,53,58)(H2,52,54,59). The lowest BCUT2D eigenvalue weighted by Gasteiger charge is -2.45. The highest BCUT2D eigenvalue weighted by atomic mass is 16.7. The van der Waals surface area contributed by atoms with Gasteiger partial charge >= 0.3 is 6.03 Å². The fraction of sp³-hybridized carbons (Fsp3) is 0.255. The summed E-state index contributed by atoms with van der Waals surface area (Å²) in [6.45, 7) is 3.11. The third-order valence-corrected chi connectivity index (χ3v) is 12.2. The van der Waals surface area contributed by atoms with E-state index in [0.717, 1.165) is 70.7 Å². The van der Waals surface area contributed by atoms with E-state index >= 15 is 0 Å². The van der Waals surface area contributed by atoms with Crippen molar-refractivity contribution in [1.29, 1.82) is 0 Å². The van der Waals surface area contributed by atoms with Gasteiger partial charge in [-0.1, -0.05) is 109 Å². The Hall–Kier alpha value is -6.50. The van der Waals surface area contributed by atoms with Gasteiger partial charge in [-0.25, -0.2) is 4.79 Å². The van der Waals surface area contributed by atoms with Crippen molar-refractivity contribution in [3.63, 3.8) is 0 Å². The van der Waals surface area contributed by atoms with Crippen LogP contribution in [0.2, 0.25) is 0 Å². The third kappa shape index (κ3) is 9.21. The van der Waals surface area contributed by atoms with Crippen LogP contribution >= 0.6 is 0 Å². The molecule has 0 aliphatic carbocycles. The van der Waals surface area contributed by atoms with Crippen LogP contribution < -0.4 is 25.6 Å². The first kappa shape index (κ1) is 40.9. The minimum atomic E-state index is -0.602. The molecule has 11 nitrogen and oxygen atoms in total. The summed E-state index contributed by atoms with van der Waals surface area (Å²) in [5, 5.41) is 18.7. The molecular weight excluding hydrogens is 779 g/mol. The number of carbonyl (C=O) groups is 2. The van der Waals surface area contributed by atoms with E-state index in [0.29, 0.717) is 37.6 Å². The number of nitrogens with one attached hydrogen (secondary N) is 3. The van der Waals surface area contributed by atoms with Crippen molar-refractivity contribution in [3.05, 3.63) is 180 Å². The summed E-state index contributed by atoms with van der Waals surface area (Å²) in [5.41, 5.74) is 6.95. The highest BCUT2D eigenvalue weighted by Gasteiger charge is 2.50. The third-order valence-electron chi connectivity index (χ3n) is 12.2. The van der Waals surface area contributed by atoms with Gasteiger partial charge in [-0.2, -0.15) is 0 Å². The van der Waals surface area contributed by atoms with E-state index in [-0.39, 0.29) is 30.8 Å². The van der Waals surface area contributed by atoms with Crippen LogP contribution in [0.3, 0.4) is 0 Å². The molecule has 6 aromatic rings. The van der Waals surface area contributed by atoms with Crippen molar-refractivity contribution >= 4 is 23.3 Å². The molecule has 0 bridgehead atoms. The topological polar surface area (TPSA) is 125 Å². The minimum absolute atomic E-state index is 0.0183. The first-order chi connectivity index (χ1) is 30.4. The summed E-state index contributed by atoms with van der Waals surface area (Å²) in [6, 6.07) is 50.9. The Balaban J connectivity index is 0.852. The molecule has 1 spiro atoms. The Morgan fingerprint density at radius 3 is 2.15 bits per heavy atom. The van der Waals surface area contributed by atoms with E-state index in [1.165, 1.54) is 0 Å². The second-order valence-corrected chi connectivity index (χ2v) is 16.1. The zero-order chi connectivity index (χ0) is 42.3. The second kappa shape index (κ2) is 18.6. The number of urea groups is 1. The molecule has 11 heteroatoms. The van der Waals surface area contributed by atoms with Gasteiger partial charge in [0.15, 0.2) is 6.29 Å². The van der Waals surface area contributed by atoms with Crippen molar-refractivity contribution in [1.82, 2.24) is 15.5 Å². The van der Waals surface area contributed by atoms with Gasteiger partial charge in [-0.05, 0) is 89.2 Å². The van der Waals surface area contributed by atoms with Crippen molar-refractivity contribution in [2.75, 3.05) is 36.5 Å². The average molecular weight is 830 g/mol. The van der Waals surface area contributed by atoms with Gasteiger partial charge in [0.25, 0.3) is 0 Å². The second-order valence-electron chi connectivity index (χ2n) is 16.1. The first-order valence-electron chi connectivity index (χ1n) is 21.3. The number of piperidine rings is 1. The van der Waals surface area contributed by atoms with Gasteiger partial charge in [0.2, 0.25) is 5.91 Å². The molecule has 3 aliphatic heterocycles. The first-order valence-corrected chi connectivity index (χ1v) is 21.3. The highest BCUT2D eigenvalue weighted by Crippen LogP contribution is 2.41. The monoisotopic (exact) mass is 829 g/mol. The molecule has 3 aliphatic rings. The quantitative estimate of drug-likeness (QED) is 0.0965. The lowest BCUT2D eigenvalue weighted by molar-refractivity contribution is -0.253. The van der Waals surface area contributed by atoms with Gasteiger partial charge < -0.3 is 45.1 Å². The zero-order valence-electron chi connectivity index (χ0n) is 34.5. The van der Waals surface area contributed by atoms with Gasteiger partial charge in [0.1, 0.15) is 17.0 Å². The van der Waals surface area contributed by atoms with E-state index in [1.807, 2.05) is 115 Å². The van der Waals surface area contributed by atoms with E-state index in [9.17, 15) is 14.7 Å². The molecule has 3 heterocycles. The fourth-order valence-corrected chi connectivity index (χ4v) is 8.82. The number of para-hydroxylation sites is 2. The highest BCUT2D eigenvalue weighted by molar-refractivity contribution is 5.93. The number of nitrogens with zero attached hydrogens (tertiary/aromatic N) is 2. The number of hydrogen-bond donors (Lipinski definition) is 4. The number of carbonyl (C=O) groups excluding carboxylic acids is 2. The molecule has 9 rings (SSSR count). The number of benzene rings is 6. The number of amides is 3. The Morgan fingerprint density at radius 2 is 1.42 bits per heavy atom. The molecular formula is C51H51N5O6. The lowest BCUT2D eigenvalue weighted by atomic mass is 9.85. The normalized spacial score (nSPS) is 19.8. The van der Waals surface area contributed by atoms with Crippen LogP contribution in [0.15, 0.2) is 158 Å². The van der Waals surface area contributed by atoms with Crippen molar-refractivity contribution in [3.8, 4) is 22.6 Å². The summed E-state index contributed by atoms with van der Waals surface area (Å²) in [6.07, 6.45) is 1.20. The molecule has 3 unspecified atom stereocenters. The van der Waals surface area contributed by atoms with Crippen LogP contribution in [0.1, 0.15) is 53.9 Å². The largest absolute Gasteiger partial charge is 0.457 e. The van der Waals surface area contributed by atoms with Crippen LogP contribution in [0, 0.1) is 0 Å². The smallest absolute Gasteiger partial charge is 0.319 e. The van der Waals surface area contributed by atoms with Gasteiger partial charge in [0, 0.05) is 49.5 Å². The summed E-state index contributed by atoms with van der Waals surface area (Å²) in [5.74, 6) is 1.53. The van der Waals surface area contributed by atoms with Crippen LogP contribution in [0.25, 0.3) is 11.1 Å². The van der Waals surface area contributed by atoms with E-state index in [1.54, 1.807) is 0 Å². The number of hydrogen-bond acceptors (Lipinski definition) is 8. The predicted molar refractivity (Wildman–Crippen MR) is 239 cm³/mol. The maximum absolute atomic E-state index is 13.3. The van der Waals surface area contributed by atoms with Gasteiger partial charge in [0.05, 0.1) is 25.5 Å². The molecule has 3 saturated heterocycles. The van der Waals surface area contributed by atoms with Crippen LogP contribution in [-0.2, 0) is 27.4 Å². The molecule has 0 radical (unpaired) electrons. The fourth-order valence-electron chi connectivity index (χ4n) is 8.82. The summed E-state index contributed by atoms with van der Waals surface area (Å²) >= 11 is 0. The summed E-state index contributed by atoms with van der Waals surface area (Å²) in [4.78, 5) is 31.0. The SMILES string of the molecule is O=C(NCc1ccccc1-c1ccc(C2OC(CN3CCC4(CC3)C(=O)NCN4c3ccccc3)CC(c3ccc(CO)cc3)O2)cc1)Nc1ccc(Oc2ccccc2)cc1. The molecule has 6 aromatic carbocycles. The lowest BCUT2D eigenvalue weighted by Crippen LogP contribution is -2.57. The maximum Gasteiger partial charge on any atom is 0.319 e. The maximum atomic E-state index is 13.3. The van der Waals surface area contributed by atoms with Crippen LogP contribution in [-0.4, -0.2) is 59.9 Å². The van der Waals surface area contributed by atoms with Crippen molar-refractivity contribution in [2.45, 2.75) is 56.5 Å². The summed E-state index contributed by atoms with van der Waals surface area (Å²) in [7, 11) is 0. The molecule has 316 valence electrons. The van der Waals surface area contributed by atoms with Gasteiger partial charge in [-0.3, -0.25) is 4.79 Å². The predicted octanol–water partition coefficient (Wildman–Crippen LogP) is 8.93. The number of aliphatic hydroxyl groups is 1. The number of aliphatic hydroxyl groups excluding tert-OH is 1. The number of anilines is 2. The molecule has 4 N–H and O–H groups in total. The number of likely N-dealkylation sites (tertiary alicyclic amines) is 1. The minimum Gasteiger partial charge on any atom is -0.457 e. The van der Waals surface area contributed by atoms with Crippen LogP contribution in [0.5, 0.6) is 11.5 Å². The molecule has 0 aromatic heterocycles. The zero-order valence-corrected chi connectivity index (χ0v) is 34.5. The molecule has 0 saturated carbocycles. The molecule has 3 fully saturated rings. The molecule has 3 atom stereocenters. The number of ether oxygens (including phenoxy) is 3. The molecule has 62 heavy (non-hydrogen) atoms. The Kier molecular flexibility index (Phi) is 12.3. The van der Waals surface area contributed by atoms with E-state index < -0.39 is 11.8 Å². The summed E-state index contributed by atoms with van der Waals surface area (Å²) < 4.78 is 19.3. The Labute approximate surface area is 362 Å². The van der Waals surface area contributed by atoms with Crippen LogP contribution in [0.4, 0.5) is 16.2 Å². The van der Waals surface area contributed by atoms with E-state index in [2.05, 4.69) is 68.2 Å².